The first-order chi connectivity index (χ1) is 12.2. The summed E-state index contributed by atoms with van der Waals surface area (Å²) < 4.78 is 26.7. The van der Waals surface area contributed by atoms with E-state index < -0.39 is 23.3 Å². The zero-order valence-electron chi connectivity index (χ0n) is 15.7. The van der Waals surface area contributed by atoms with Crippen LogP contribution in [0.15, 0.2) is 24.3 Å². The molecule has 1 atom stereocenters. The van der Waals surface area contributed by atoms with Gasteiger partial charge in [0.15, 0.2) is 5.67 Å². The van der Waals surface area contributed by atoms with Crippen molar-refractivity contribution in [1.82, 2.24) is 0 Å². The van der Waals surface area contributed by atoms with E-state index in [9.17, 15) is 15.0 Å². The van der Waals surface area contributed by atoms with E-state index in [0.29, 0.717) is 11.3 Å². The molecule has 26 heavy (non-hydrogen) atoms. The summed E-state index contributed by atoms with van der Waals surface area (Å²) in [6.45, 7) is 4.73. The third-order valence-corrected chi connectivity index (χ3v) is 4.35. The summed E-state index contributed by atoms with van der Waals surface area (Å²) in [5, 5.41) is 18.5. The molecule has 1 saturated carbocycles. The molecule has 0 saturated heterocycles. The molecule has 1 aliphatic rings. The smallest absolute Gasteiger partial charge is 0.338 e. The van der Waals surface area contributed by atoms with Crippen LogP contribution in [0.2, 0.25) is 0 Å². The summed E-state index contributed by atoms with van der Waals surface area (Å²) in [7, 11) is 0. The van der Waals surface area contributed by atoms with E-state index in [2.05, 4.69) is 0 Å². The van der Waals surface area contributed by atoms with E-state index in [0.717, 1.165) is 12.8 Å². The van der Waals surface area contributed by atoms with Gasteiger partial charge in [0.05, 0.1) is 5.56 Å². The van der Waals surface area contributed by atoms with Gasteiger partial charge in [-0.05, 0) is 57.7 Å². The molecule has 2 N–H and O–H groups in total. The molecular formula is C20H29FO5. The minimum Gasteiger partial charge on any atom is -0.487 e. The van der Waals surface area contributed by atoms with Gasteiger partial charge >= 0.3 is 5.97 Å². The molecule has 0 heterocycles. The third kappa shape index (κ3) is 5.68. The molecule has 0 aromatic heterocycles. The Morgan fingerprint density at radius 3 is 2.35 bits per heavy atom. The van der Waals surface area contributed by atoms with Crippen molar-refractivity contribution >= 4 is 5.97 Å². The van der Waals surface area contributed by atoms with Crippen molar-refractivity contribution in [2.75, 3.05) is 13.2 Å². The van der Waals surface area contributed by atoms with Gasteiger partial charge in [0.1, 0.15) is 17.5 Å². The highest BCUT2D eigenvalue weighted by Gasteiger charge is 2.48. The molecule has 1 fully saturated rings. The Bertz CT molecular complexity index is 600. The minimum atomic E-state index is -1.81. The zero-order valence-corrected chi connectivity index (χ0v) is 15.7. The van der Waals surface area contributed by atoms with E-state index >= 15 is 4.39 Å². The van der Waals surface area contributed by atoms with Gasteiger partial charge in [0.2, 0.25) is 0 Å². The van der Waals surface area contributed by atoms with Gasteiger partial charge < -0.3 is 19.7 Å². The molecule has 0 bridgehead atoms. The maximum Gasteiger partial charge on any atom is 0.338 e. The van der Waals surface area contributed by atoms with E-state index in [4.69, 9.17) is 9.47 Å². The first-order valence-electron chi connectivity index (χ1n) is 9.09. The van der Waals surface area contributed by atoms with Crippen molar-refractivity contribution in [3.8, 4) is 5.75 Å². The van der Waals surface area contributed by atoms with Gasteiger partial charge in [0, 0.05) is 26.1 Å². The summed E-state index contributed by atoms with van der Waals surface area (Å²) in [5.41, 5.74) is -2.09. The lowest BCUT2D eigenvalue weighted by molar-refractivity contribution is -0.0357. The number of aliphatic hydroxyl groups excluding tert-OH is 2. The molecule has 2 rings (SSSR count). The van der Waals surface area contributed by atoms with Crippen LogP contribution < -0.4 is 4.74 Å². The van der Waals surface area contributed by atoms with Crippen LogP contribution in [0.5, 0.6) is 5.75 Å². The Hall–Kier alpha value is -1.66. The molecule has 146 valence electrons. The summed E-state index contributed by atoms with van der Waals surface area (Å²) in [6, 6.07) is 6.50. The zero-order chi connectivity index (χ0) is 19.4. The predicted molar refractivity (Wildman–Crippen MR) is 96.0 cm³/mol. The number of ether oxygens (including phenoxy) is 2. The van der Waals surface area contributed by atoms with Gasteiger partial charge in [-0.3, -0.25) is 0 Å². The molecule has 0 spiro atoms. The number of hydrogen-bond acceptors (Lipinski definition) is 5. The van der Waals surface area contributed by atoms with Gasteiger partial charge in [-0.2, -0.15) is 0 Å². The fraction of sp³-hybridized carbons (Fsp3) is 0.650. The Balaban J connectivity index is 2.19. The highest BCUT2D eigenvalue weighted by molar-refractivity contribution is 5.90. The molecule has 1 aromatic rings. The third-order valence-electron chi connectivity index (χ3n) is 4.35. The lowest BCUT2D eigenvalue weighted by atomic mass is 9.88. The van der Waals surface area contributed by atoms with Crippen LogP contribution in [0.1, 0.15) is 56.8 Å². The van der Waals surface area contributed by atoms with Crippen LogP contribution >= 0.6 is 0 Å². The Morgan fingerprint density at radius 1 is 1.23 bits per heavy atom. The first kappa shape index (κ1) is 20.6. The second kappa shape index (κ2) is 8.35. The van der Waals surface area contributed by atoms with Gasteiger partial charge in [0.25, 0.3) is 0 Å². The fourth-order valence-corrected chi connectivity index (χ4v) is 2.98. The molecule has 1 aromatic carbocycles. The van der Waals surface area contributed by atoms with Crippen molar-refractivity contribution in [2.45, 2.75) is 63.8 Å². The standard InChI is InChI=1S/C20H29FO5/c1-19(2,3)26-18(24)15-5-4-6-16(13-15)25-17(14-7-8-14)20(21,9-11-22)10-12-23/h4-6,13-14,17,22-23H,7-12H2,1-3H3. The number of carbonyl (C=O) groups is 1. The highest BCUT2D eigenvalue weighted by atomic mass is 19.1. The largest absolute Gasteiger partial charge is 0.487 e. The predicted octanol–water partition coefficient (Wildman–Crippen LogP) is 3.27. The summed E-state index contributed by atoms with van der Waals surface area (Å²) in [6.07, 6.45) is 0.731. The van der Waals surface area contributed by atoms with E-state index in [-0.39, 0.29) is 32.0 Å². The second-order valence-corrected chi connectivity index (χ2v) is 7.89. The van der Waals surface area contributed by atoms with Crippen molar-refractivity contribution in [1.29, 1.82) is 0 Å². The number of carbonyl (C=O) groups excluding carboxylic acids is 1. The van der Waals surface area contributed by atoms with E-state index in [1.807, 2.05) is 0 Å². The number of hydrogen-bond donors (Lipinski definition) is 2. The second-order valence-electron chi connectivity index (χ2n) is 7.89. The van der Waals surface area contributed by atoms with Crippen LogP contribution in [0.4, 0.5) is 4.39 Å². The lowest BCUT2D eigenvalue weighted by Crippen LogP contribution is -2.45. The molecule has 1 unspecified atom stereocenters. The molecule has 0 radical (unpaired) electrons. The molecule has 1 aliphatic carbocycles. The summed E-state index contributed by atoms with van der Waals surface area (Å²) in [4.78, 5) is 12.2. The van der Waals surface area contributed by atoms with Crippen LogP contribution in [-0.2, 0) is 4.74 Å². The van der Waals surface area contributed by atoms with Crippen molar-refractivity contribution in [2.24, 2.45) is 5.92 Å². The summed E-state index contributed by atoms with van der Waals surface area (Å²) in [5.74, 6) is -0.0467. The number of halogens is 1. The van der Waals surface area contributed by atoms with Crippen molar-refractivity contribution in [3.05, 3.63) is 29.8 Å². The Kier molecular flexibility index (Phi) is 6.64. The fourth-order valence-electron chi connectivity index (χ4n) is 2.98. The van der Waals surface area contributed by atoms with Crippen LogP contribution in [0, 0.1) is 5.92 Å². The highest BCUT2D eigenvalue weighted by Crippen LogP contribution is 2.43. The molecule has 5 nitrogen and oxygen atoms in total. The normalized spacial score (nSPS) is 16.2. The van der Waals surface area contributed by atoms with Crippen LogP contribution in [0.3, 0.4) is 0 Å². The molecule has 0 amide bonds. The van der Waals surface area contributed by atoms with Gasteiger partial charge in [-0.25, -0.2) is 9.18 Å². The SMILES string of the molecule is CC(C)(C)OC(=O)c1cccc(OC(C2CC2)C(F)(CCO)CCO)c1. The number of esters is 1. The van der Waals surface area contributed by atoms with Crippen LogP contribution in [0.25, 0.3) is 0 Å². The Labute approximate surface area is 154 Å². The van der Waals surface area contributed by atoms with Crippen LogP contribution in [-0.4, -0.2) is 46.8 Å². The molecular weight excluding hydrogens is 339 g/mol. The lowest BCUT2D eigenvalue weighted by Gasteiger charge is -2.33. The maximum atomic E-state index is 15.4. The molecule has 0 aliphatic heterocycles. The Morgan fingerprint density at radius 2 is 1.85 bits per heavy atom. The molecule has 6 heteroatoms. The van der Waals surface area contributed by atoms with Gasteiger partial charge in [-0.1, -0.05) is 6.07 Å². The monoisotopic (exact) mass is 368 g/mol. The number of benzene rings is 1. The number of rotatable bonds is 9. The average molecular weight is 368 g/mol. The minimum absolute atomic E-state index is 0.0447. The number of aliphatic hydroxyl groups is 2. The van der Waals surface area contributed by atoms with E-state index in [1.54, 1.807) is 45.0 Å². The average Bonchev–Trinajstić information content (AvgIpc) is 3.36. The van der Waals surface area contributed by atoms with E-state index in [1.165, 1.54) is 0 Å². The van der Waals surface area contributed by atoms with Gasteiger partial charge in [-0.15, -0.1) is 0 Å². The maximum absolute atomic E-state index is 15.4. The summed E-state index contributed by atoms with van der Waals surface area (Å²) >= 11 is 0. The topological polar surface area (TPSA) is 76.0 Å². The number of alkyl halides is 1. The van der Waals surface area contributed by atoms with Crippen molar-refractivity contribution in [3.63, 3.8) is 0 Å². The first-order valence-corrected chi connectivity index (χ1v) is 9.09. The van der Waals surface area contributed by atoms with Crippen molar-refractivity contribution < 1.29 is 28.9 Å². The quantitative estimate of drug-likeness (QED) is 0.654.